The first-order valence-corrected chi connectivity index (χ1v) is 4.13. The number of hydrogen-bond donors (Lipinski definition) is 2. The van der Waals surface area contributed by atoms with Crippen LogP contribution in [-0.2, 0) is 4.79 Å². The van der Waals surface area contributed by atoms with Gasteiger partial charge in [-0.15, -0.1) is 12.4 Å². The first kappa shape index (κ1) is 9.81. The fourth-order valence-electron chi connectivity index (χ4n) is 2.32. The zero-order valence-electron chi connectivity index (χ0n) is 6.88. The standard InChI is InChI=1S/C8H13NO2.ClH/c10-7(11)1-6-2-8(3-6)4-9-5-8;/h6,9H,1-5H2,(H,10,11);1H. The van der Waals surface area contributed by atoms with Gasteiger partial charge in [-0.1, -0.05) is 0 Å². The summed E-state index contributed by atoms with van der Waals surface area (Å²) in [5.41, 5.74) is 0.528. The van der Waals surface area contributed by atoms with Crippen LogP contribution in [0.25, 0.3) is 0 Å². The monoisotopic (exact) mass is 191 g/mol. The Labute approximate surface area is 77.9 Å². The quantitative estimate of drug-likeness (QED) is 0.682. The smallest absolute Gasteiger partial charge is 0.303 e. The van der Waals surface area contributed by atoms with Gasteiger partial charge in [0.1, 0.15) is 0 Å². The van der Waals surface area contributed by atoms with Crippen LogP contribution in [0.4, 0.5) is 0 Å². The van der Waals surface area contributed by atoms with Gasteiger partial charge in [0.05, 0.1) is 0 Å². The lowest BCUT2D eigenvalue weighted by atomic mass is 9.58. The molecule has 1 spiro atoms. The summed E-state index contributed by atoms with van der Waals surface area (Å²) < 4.78 is 0. The molecule has 0 radical (unpaired) electrons. The van der Waals surface area contributed by atoms with Crippen LogP contribution in [0.1, 0.15) is 19.3 Å². The van der Waals surface area contributed by atoms with Crippen molar-refractivity contribution < 1.29 is 9.90 Å². The molecule has 0 aromatic rings. The highest BCUT2D eigenvalue weighted by Crippen LogP contribution is 2.49. The van der Waals surface area contributed by atoms with Crippen LogP contribution in [0.5, 0.6) is 0 Å². The SMILES string of the molecule is Cl.O=C(O)CC1CC2(CNC2)C1. The highest BCUT2D eigenvalue weighted by atomic mass is 35.5. The van der Waals surface area contributed by atoms with Gasteiger partial charge in [-0.3, -0.25) is 4.79 Å². The second-order valence-electron chi connectivity index (χ2n) is 3.98. The number of hydrogen-bond acceptors (Lipinski definition) is 2. The van der Waals surface area contributed by atoms with Crippen LogP contribution in [-0.4, -0.2) is 24.2 Å². The Morgan fingerprint density at radius 1 is 1.50 bits per heavy atom. The lowest BCUT2D eigenvalue weighted by Crippen LogP contribution is -2.60. The molecule has 3 nitrogen and oxygen atoms in total. The average molecular weight is 192 g/mol. The van der Waals surface area contributed by atoms with Gasteiger partial charge in [0.15, 0.2) is 0 Å². The molecular weight excluding hydrogens is 178 g/mol. The molecule has 0 unspecified atom stereocenters. The maximum atomic E-state index is 10.3. The molecule has 70 valence electrons. The van der Waals surface area contributed by atoms with E-state index in [2.05, 4.69) is 5.32 Å². The molecule has 1 heterocycles. The summed E-state index contributed by atoms with van der Waals surface area (Å²) in [5, 5.41) is 11.7. The molecular formula is C8H14ClNO2. The molecule has 12 heavy (non-hydrogen) atoms. The molecule has 0 bridgehead atoms. The van der Waals surface area contributed by atoms with E-state index in [1.165, 1.54) is 0 Å². The molecule has 2 N–H and O–H groups in total. The lowest BCUT2D eigenvalue weighted by molar-refractivity contribution is -0.140. The topological polar surface area (TPSA) is 49.3 Å². The van der Waals surface area contributed by atoms with Gasteiger partial charge in [0, 0.05) is 19.5 Å². The highest BCUT2D eigenvalue weighted by molar-refractivity contribution is 5.85. The molecule has 1 aliphatic heterocycles. The van der Waals surface area contributed by atoms with E-state index in [1.807, 2.05) is 0 Å². The second kappa shape index (κ2) is 3.23. The number of halogens is 1. The van der Waals surface area contributed by atoms with E-state index >= 15 is 0 Å². The highest BCUT2D eigenvalue weighted by Gasteiger charge is 2.48. The minimum Gasteiger partial charge on any atom is -0.481 e. The van der Waals surface area contributed by atoms with Crippen molar-refractivity contribution in [1.29, 1.82) is 0 Å². The summed E-state index contributed by atoms with van der Waals surface area (Å²) in [6, 6.07) is 0. The molecule has 1 aliphatic carbocycles. The Hall–Kier alpha value is -0.280. The predicted octanol–water partition coefficient (Wildman–Crippen LogP) is 0.882. The Kier molecular flexibility index (Phi) is 2.64. The molecule has 2 rings (SSSR count). The molecule has 1 saturated carbocycles. The van der Waals surface area contributed by atoms with Gasteiger partial charge in [-0.25, -0.2) is 0 Å². The molecule has 0 aromatic carbocycles. The van der Waals surface area contributed by atoms with Gasteiger partial charge < -0.3 is 10.4 Å². The summed E-state index contributed by atoms with van der Waals surface area (Å²) >= 11 is 0. The summed E-state index contributed by atoms with van der Waals surface area (Å²) in [4.78, 5) is 10.3. The molecule has 2 fully saturated rings. The molecule has 0 amide bonds. The van der Waals surface area contributed by atoms with Crippen molar-refractivity contribution in [2.45, 2.75) is 19.3 Å². The van der Waals surface area contributed by atoms with E-state index < -0.39 is 5.97 Å². The van der Waals surface area contributed by atoms with Crippen LogP contribution in [0.15, 0.2) is 0 Å². The number of carboxylic acids is 1. The van der Waals surface area contributed by atoms with Crippen molar-refractivity contribution >= 4 is 18.4 Å². The van der Waals surface area contributed by atoms with Crippen molar-refractivity contribution in [3.63, 3.8) is 0 Å². The summed E-state index contributed by atoms with van der Waals surface area (Å²) in [5.74, 6) is -0.174. The number of carboxylic acid groups (broad SMARTS) is 1. The molecule has 4 heteroatoms. The Balaban J connectivity index is 0.000000720. The minimum atomic E-state index is -0.642. The average Bonchev–Trinajstić information content (AvgIpc) is 1.71. The number of aliphatic carboxylic acids is 1. The van der Waals surface area contributed by atoms with Crippen molar-refractivity contribution in [2.75, 3.05) is 13.1 Å². The number of carbonyl (C=O) groups is 1. The molecule has 0 atom stereocenters. The van der Waals surface area contributed by atoms with Gasteiger partial charge in [-0.2, -0.15) is 0 Å². The normalized spacial score (nSPS) is 25.3. The van der Waals surface area contributed by atoms with Crippen molar-refractivity contribution in [1.82, 2.24) is 5.32 Å². The van der Waals surface area contributed by atoms with Crippen LogP contribution < -0.4 is 5.32 Å². The third kappa shape index (κ3) is 1.57. The van der Waals surface area contributed by atoms with Gasteiger partial charge in [-0.05, 0) is 24.2 Å². The summed E-state index contributed by atoms with van der Waals surface area (Å²) in [7, 11) is 0. The fraction of sp³-hybridized carbons (Fsp3) is 0.875. The van der Waals surface area contributed by atoms with Gasteiger partial charge in [0.25, 0.3) is 0 Å². The Morgan fingerprint density at radius 2 is 2.08 bits per heavy atom. The summed E-state index contributed by atoms with van der Waals surface area (Å²) in [6.07, 6.45) is 2.64. The van der Waals surface area contributed by atoms with Crippen molar-refractivity contribution in [3.8, 4) is 0 Å². The third-order valence-corrected chi connectivity index (χ3v) is 2.91. The van der Waals surface area contributed by atoms with Crippen LogP contribution in [0, 0.1) is 11.3 Å². The largest absolute Gasteiger partial charge is 0.481 e. The van der Waals surface area contributed by atoms with Crippen LogP contribution in [0.3, 0.4) is 0 Å². The molecule has 2 aliphatic rings. The molecule has 1 saturated heterocycles. The number of rotatable bonds is 2. The first-order chi connectivity index (χ1) is 5.20. The van der Waals surface area contributed by atoms with Gasteiger partial charge >= 0.3 is 5.97 Å². The van der Waals surface area contributed by atoms with Crippen molar-refractivity contribution in [3.05, 3.63) is 0 Å². The van der Waals surface area contributed by atoms with Crippen molar-refractivity contribution in [2.24, 2.45) is 11.3 Å². The van der Waals surface area contributed by atoms with Crippen LogP contribution >= 0.6 is 12.4 Å². The van der Waals surface area contributed by atoms with E-state index in [0.29, 0.717) is 17.8 Å². The van der Waals surface area contributed by atoms with E-state index in [4.69, 9.17) is 5.11 Å². The fourth-order valence-corrected chi connectivity index (χ4v) is 2.32. The Morgan fingerprint density at radius 3 is 2.42 bits per heavy atom. The second-order valence-corrected chi connectivity index (χ2v) is 3.98. The number of nitrogens with one attached hydrogen (secondary N) is 1. The third-order valence-electron chi connectivity index (χ3n) is 2.91. The molecule has 0 aromatic heterocycles. The zero-order chi connectivity index (χ0) is 7.90. The van der Waals surface area contributed by atoms with E-state index in [-0.39, 0.29) is 12.4 Å². The van der Waals surface area contributed by atoms with Crippen LogP contribution in [0.2, 0.25) is 0 Å². The minimum absolute atomic E-state index is 0. The first-order valence-electron chi connectivity index (χ1n) is 4.13. The zero-order valence-corrected chi connectivity index (χ0v) is 7.69. The summed E-state index contributed by atoms with van der Waals surface area (Å²) in [6.45, 7) is 2.23. The van der Waals surface area contributed by atoms with E-state index in [9.17, 15) is 4.79 Å². The maximum Gasteiger partial charge on any atom is 0.303 e. The van der Waals surface area contributed by atoms with Gasteiger partial charge in [0.2, 0.25) is 0 Å². The Bertz CT molecular complexity index is 183. The van der Waals surface area contributed by atoms with E-state index in [0.717, 1.165) is 25.9 Å². The predicted molar refractivity (Wildman–Crippen MR) is 47.5 cm³/mol. The lowest BCUT2D eigenvalue weighted by Gasteiger charge is -2.54. The maximum absolute atomic E-state index is 10.3. The van der Waals surface area contributed by atoms with E-state index in [1.54, 1.807) is 0 Å².